The first-order valence-electron chi connectivity index (χ1n) is 5.64. The lowest BCUT2D eigenvalue weighted by molar-refractivity contribution is -0.119. The Kier molecular flexibility index (Phi) is 2.74. The molecule has 2 amide bonds. The molecule has 2 aliphatic rings. The summed E-state index contributed by atoms with van der Waals surface area (Å²) in [5, 5.41) is 2.72. The van der Waals surface area contributed by atoms with Gasteiger partial charge in [-0.25, -0.2) is 0 Å². The van der Waals surface area contributed by atoms with Crippen LogP contribution in [0.15, 0.2) is 18.2 Å². The topological polar surface area (TPSA) is 58.6 Å². The Morgan fingerprint density at radius 1 is 1.39 bits per heavy atom. The van der Waals surface area contributed by atoms with Gasteiger partial charge in [0.25, 0.3) is 5.91 Å². The van der Waals surface area contributed by atoms with E-state index in [1.165, 1.54) is 0 Å². The van der Waals surface area contributed by atoms with Crippen LogP contribution >= 0.6 is 15.9 Å². The molecule has 5 nitrogen and oxygen atoms in total. The molecule has 0 radical (unpaired) electrons. The molecule has 0 saturated carbocycles. The molecule has 3 rings (SSSR count). The summed E-state index contributed by atoms with van der Waals surface area (Å²) in [5.41, 5.74) is 1.45. The summed E-state index contributed by atoms with van der Waals surface area (Å²) in [6, 6.07) is 5.37. The van der Waals surface area contributed by atoms with E-state index in [2.05, 4.69) is 21.2 Å². The van der Waals surface area contributed by atoms with Gasteiger partial charge in [0.1, 0.15) is 5.75 Å². The lowest BCUT2D eigenvalue weighted by Crippen LogP contribution is -2.27. The summed E-state index contributed by atoms with van der Waals surface area (Å²) >= 11 is 3.45. The fourth-order valence-electron chi connectivity index (χ4n) is 2.14. The standard InChI is InChI=1S/C12H11BrN2O3/c13-7-3-12(17)15(5-7)8-1-2-9-10(4-8)18-6-11(16)14-9/h1-2,4,7H,3,5-6H2,(H,14,16). The molecule has 1 unspecified atom stereocenters. The fraction of sp³-hybridized carbons (Fsp3) is 0.333. The van der Waals surface area contributed by atoms with Gasteiger partial charge in [-0.2, -0.15) is 0 Å². The van der Waals surface area contributed by atoms with Gasteiger partial charge in [-0.1, -0.05) is 15.9 Å². The Hall–Kier alpha value is -1.56. The summed E-state index contributed by atoms with van der Waals surface area (Å²) in [4.78, 5) is 24.9. The van der Waals surface area contributed by atoms with Gasteiger partial charge < -0.3 is 15.0 Å². The summed E-state index contributed by atoms with van der Waals surface area (Å²) in [6.07, 6.45) is 0.509. The SMILES string of the molecule is O=C1COc2cc(N3CC(Br)CC3=O)ccc2N1. The van der Waals surface area contributed by atoms with Gasteiger partial charge in [-0.15, -0.1) is 0 Å². The van der Waals surface area contributed by atoms with Crippen LogP contribution in [0.25, 0.3) is 0 Å². The molecule has 1 atom stereocenters. The van der Waals surface area contributed by atoms with E-state index in [1.807, 2.05) is 6.07 Å². The Morgan fingerprint density at radius 2 is 2.22 bits per heavy atom. The molecule has 6 heteroatoms. The zero-order chi connectivity index (χ0) is 12.7. The molecule has 0 aromatic heterocycles. The summed E-state index contributed by atoms with van der Waals surface area (Å²) < 4.78 is 5.34. The number of rotatable bonds is 1. The highest BCUT2D eigenvalue weighted by molar-refractivity contribution is 9.09. The zero-order valence-corrected chi connectivity index (χ0v) is 11.1. The van der Waals surface area contributed by atoms with Crippen molar-refractivity contribution < 1.29 is 14.3 Å². The number of anilines is 2. The zero-order valence-electron chi connectivity index (χ0n) is 9.48. The highest BCUT2D eigenvalue weighted by Gasteiger charge is 2.29. The van der Waals surface area contributed by atoms with Crippen LogP contribution in [0.3, 0.4) is 0 Å². The first-order valence-corrected chi connectivity index (χ1v) is 6.56. The van der Waals surface area contributed by atoms with E-state index in [4.69, 9.17) is 4.74 Å². The molecule has 0 aliphatic carbocycles. The van der Waals surface area contributed by atoms with Crippen LogP contribution in [0.1, 0.15) is 6.42 Å². The minimum Gasteiger partial charge on any atom is -0.482 e. The van der Waals surface area contributed by atoms with Crippen molar-refractivity contribution in [1.29, 1.82) is 0 Å². The predicted molar refractivity (Wildman–Crippen MR) is 70.3 cm³/mol. The number of amides is 2. The van der Waals surface area contributed by atoms with Gasteiger partial charge in [-0.3, -0.25) is 9.59 Å². The van der Waals surface area contributed by atoms with Crippen molar-refractivity contribution >= 4 is 39.1 Å². The molecule has 2 heterocycles. The summed E-state index contributed by atoms with van der Waals surface area (Å²) in [7, 11) is 0. The second-order valence-corrected chi connectivity index (χ2v) is 5.62. The number of alkyl halides is 1. The molecule has 94 valence electrons. The summed E-state index contributed by atoms with van der Waals surface area (Å²) in [5.74, 6) is 0.544. The number of carbonyl (C=O) groups is 2. The number of benzene rings is 1. The van der Waals surface area contributed by atoms with Crippen LogP contribution in [0.2, 0.25) is 0 Å². The average Bonchev–Trinajstić information content (AvgIpc) is 2.68. The average molecular weight is 311 g/mol. The molecule has 1 fully saturated rings. The van der Waals surface area contributed by atoms with Gasteiger partial charge >= 0.3 is 0 Å². The third-order valence-electron chi connectivity index (χ3n) is 2.99. The van der Waals surface area contributed by atoms with E-state index in [0.717, 1.165) is 5.69 Å². The molecule has 2 aliphatic heterocycles. The van der Waals surface area contributed by atoms with Crippen LogP contribution < -0.4 is 15.0 Å². The van der Waals surface area contributed by atoms with Gasteiger partial charge in [0.15, 0.2) is 6.61 Å². The fourth-order valence-corrected chi connectivity index (χ4v) is 2.71. The number of nitrogens with one attached hydrogen (secondary N) is 1. The Labute approximate surface area is 112 Å². The maximum Gasteiger partial charge on any atom is 0.262 e. The molecule has 0 spiro atoms. The van der Waals surface area contributed by atoms with Gasteiger partial charge in [0.2, 0.25) is 5.91 Å². The first kappa shape index (κ1) is 11.5. The van der Waals surface area contributed by atoms with Crippen LogP contribution in [-0.4, -0.2) is 29.8 Å². The van der Waals surface area contributed by atoms with Gasteiger partial charge in [0.05, 0.1) is 5.69 Å². The monoisotopic (exact) mass is 310 g/mol. The number of hydrogen-bond acceptors (Lipinski definition) is 3. The van der Waals surface area contributed by atoms with Crippen molar-refractivity contribution in [3.63, 3.8) is 0 Å². The minimum atomic E-state index is -0.159. The predicted octanol–water partition coefficient (Wildman–Crippen LogP) is 1.52. The van der Waals surface area contributed by atoms with Crippen molar-refractivity contribution in [3.8, 4) is 5.75 Å². The lowest BCUT2D eigenvalue weighted by atomic mass is 10.2. The smallest absolute Gasteiger partial charge is 0.262 e. The van der Waals surface area contributed by atoms with Crippen LogP contribution in [0.4, 0.5) is 11.4 Å². The number of hydrogen-bond donors (Lipinski definition) is 1. The highest BCUT2D eigenvalue weighted by Crippen LogP contribution is 2.34. The van der Waals surface area contributed by atoms with Crippen molar-refractivity contribution in [1.82, 2.24) is 0 Å². The number of carbonyl (C=O) groups excluding carboxylic acids is 2. The molecule has 0 bridgehead atoms. The second kappa shape index (κ2) is 4.28. The van der Waals surface area contributed by atoms with Crippen molar-refractivity contribution in [2.45, 2.75) is 11.2 Å². The largest absolute Gasteiger partial charge is 0.482 e. The number of halogens is 1. The van der Waals surface area contributed by atoms with E-state index in [-0.39, 0.29) is 23.2 Å². The third kappa shape index (κ3) is 1.96. The van der Waals surface area contributed by atoms with E-state index in [0.29, 0.717) is 24.4 Å². The van der Waals surface area contributed by atoms with Crippen LogP contribution in [0, 0.1) is 0 Å². The molecular weight excluding hydrogens is 300 g/mol. The van der Waals surface area contributed by atoms with E-state index in [1.54, 1.807) is 17.0 Å². The summed E-state index contributed by atoms with van der Waals surface area (Å²) in [6.45, 7) is 0.676. The molecule has 1 saturated heterocycles. The molecular formula is C12H11BrN2O3. The minimum absolute atomic E-state index is 0.0193. The molecule has 18 heavy (non-hydrogen) atoms. The van der Waals surface area contributed by atoms with E-state index < -0.39 is 0 Å². The highest BCUT2D eigenvalue weighted by atomic mass is 79.9. The van der Waals surface area contributed by atoms with Crippen molar-refractivity contribution in [2.75, 3.05) is 23.4 Å². The first-order chi connectivity index (χ1) is 8.63. The number of nitrogens with zero attached hydrogens (tertiary/aromatic N) is 1. The number of fused-ring (bicyclic) bond motifs is 1. The number of ether oxygens (including phenoxy) is 1. The Balaban J connectivity index is 1.91. The van der Waals surface area contributed by atoms with Crippen molar-refractivity contribution in [3.05, 3.63) is 18.2 Å². The normalized spacial score (nSPS) is 22.5. The maximum absolute atomic E-state index is 11.8. The second-order valence-electron chi connectivity index (χ2n) is 4.32. The van der Waals surface area contributed by atoms with Gasteiger partial charge in [-0.05, 0) is 12.1 Å². The molecule has 1 aromatic rings. The Bertz CT molecular complexity index is 532. The van der Waals surface area contributed by atoms with Crippen LogP contribution in [0.5, 0.6) is 5.75 Å². The van der Waals surface area contributed by atoms with Gasteiger partial charge in [0, 0.05) is 29.5 Å². The van der Waals surface area contributed by atoms with Crippen LogP contribution in [-0.2, 0) is 9.59 Å². The van der Waals surface area contributed by atoms with E-state index in [9.17, 15) is 9.59 Å². The Morgan fingerprint density at radius 3 is 2.94 bits per heavy atom. The molecule has 1 aromatic carbocycles. The van der Waals surface area contributed by atoms with E-state index >= 15 is 0 Å². The quantitative estimate of drug-likeness (QED) is 0.800. The maximum atomic E-state index is 11.8. The van der Waals surface area contributed by atoms with Crippen molar-refractivity contribution in [2.24, 2.45) is 0 Å². The lowest BCUT2D eigenvalue weighted by Gasteiger charge is -2.21. The third-order valence-corrected chi connectivity index (χ3v) is 3.60. The molecule has 1 N–H and O–H groups in total.